The van der Waals surface area contributed by atoms with E-state index in [4.69, 9.17) is 11.6 Å². The highest BCUT2D eigenvalue weighted by Gasteiger charge is 2.42. The SMILES string of the molecule is O=C1C[C@@H](Sc2ccc(Cl)cc2)C(=O)[C@@H]1Nc1ccccc1[N+](=O)[O-]. The number of ketones is 2. The van der Waals surface area contributed by atoms with Crippen LogP contribution >= 0.6 is 23.4 Å². The summed E-state index contributed by atoms with van der Waals surface area (Å²) in [5, 5.41) is 13.9. The van der Waals surface area contributed by atoms with Gasteiger partial charge in [-0.05, 0) is 30.3 Å². The van der Waals surface area contributed by atoms with E-state index in [0.29, 0.717) is 5.02 Å². The number of carbonyl (C=O) groups excluding carboxylic acids is 2. The molecule has 0 amide bonds. The van der Waals surface area contributed by atoms with Gasteiger partial charge in [0.1, 0.15) is 11.7 Å². The Balaban J connectivity index is 1.76. The minimum absolute atomic E-state index is 0.0877. The number of rotatable bonds is 5. The zero-order chi connectivity index (χ0) is 18.0. The van der Waals surface area contributed by atoms with Crippen LogP contribution in [0, 0.1) is 10.1 Å². The molecule has 1 saturated carbocycles. The van der Waals surface area contributed by atoms with Gasteiger partial charge in [-0.1, -0.05) is 23.7 Å². The summed E-state index contributed by atoms with van der Waals surface area (Å²) in [4.78, 5) is 36.2. The minimum atomic E-state index is -1.06. The quantitative estimate of drug-likeness (QED) is 0.486. The molecule has 2 aromatic carbocycles. The van der Waals surface area contributed by atoms with E-state index >= 15 is 0 Å². The number of hydrogen-bond donors (Lipinski definition) is 1. The molecule has 0 saturated heterocycles. The summed E-state index contributed by atoms with van der Waals surface area (Å²) >= 11 is 7.13. The Kier molecular flexibility index (Phi) is 5.06. The number of nitrogens with zero attached hydrogens (tertiary/aromatic N) is 1. The van der Waals surface area contributed by atoms with E-state index in [1.54, 1.807) is 30.3 Å². The molecular formula is C17H13ClN2O4S. The minimum Gasteiger partial charge on any atom is -0.364 e. The number of carbonyl (C=O) groups is 2. The summed E-state index contributed by atoms with van der Waals surface area (Å²) in [5.41, 5.74) is -0.00625. The second kappa shape index (κ2) is 7.25. The Labute approximate surface area is 152 Å². The van der Waals surface area contributed by atoms with Crippen molar-refractivity contribution in [3.63, 3.8) is 0 Å². The van der Waals surface area contributed by atoms with E-state index in [1.807, 2.05) is 0 Å². The van der Waals surface area contributed by atoms with Crippen molar-refractivity contribution in [2.24, 2.45) is 0 Å². The van der Waals surface area contributed by atoms with Gasteiger partial charge in [-0.2, -0.15) is 0 Å². The molecule has 1 aliphatic carbocycles. The van der Waals surface area contributed by atoms with Gasteiger partial charge in [-0.3, -0.25) is 19.7 Å². The highest BCUT2D eigenvalue weighted by molar-refractivity contribution is 8.00. The second-order valence-corrected chi connectivity index (χ2v) is 7.20. The molecule has 3 rings (SSSR count). The Hall–Kier alpha value is -2.38. The number of thioether (sulfide) groups is 1. The lowest BCUT2D eigenvalue weighted by molar-refractivity contribution is -0.384. The predicted octanol–water partition coefficient (Wildman–Crippen LogP) is 3.73. The Morgan fingerprint density at radius 1 is 1.12 bits per heavy atom. The van der Waals surface area contributed by atoms with Gasteiger partial charge in [-0.15, -0.1) is 11.8 Å². The second-order valence-electron chi connectivity index (χ2n) is 5.48. The Morgan fingerprint density at radius 2 is 1.80 bits per heavy atom. The topological polar surface area (TPSA) is 89.3 Å². The highest BCUT2D eigenvalue weighted by atomic mass is 35.5. The largest absolute Gasteiger partial charge is 0.364 e. The molecule has 0 bridgehead atoms. The van der Waals surface area contributed by atoms with Crippen molar-refractivity contribution in [2.75, 3.05) is 5.32 Å². The molecule has 0 unspecified atom stereocenters. The Bertz CT molecular complexity index is 841. The first kappa shape index (κ1) is 17.4. The molecule has 1 N–H and O–H groups in total. The number of nitro groups is 1. The Morgan fingerprint density at radius 3 is 2.48 bits per heavy atom. The summed E-state index contributed by atoms with van der Waals surface area (Å²) in [6, 6.07) is 11.9. The molecule has 0 spiro atoms. The van der Waals surface area contributed by atoms with Gasteiger partial charge in [0.15, 0.2) is 11.6 Å². The number of para-hydroxylation sites is 2. The van der Waals surface area contributed by atoms with E-state index in [2.05, 4.69) is 5.32 Å². The maximum atomic E-state index is 12.6. The summed E-state index contributed by atoms with van der Waals surface area (Å²) in [6.07, 6.45) is 0.0877. The van der Waals surface area contributed by atoms with E-state index in [-0.39, 0.29) is 29.4 Å². The van der Waals surface area contributed by atoms with Gasteiger partial charge in [0, 0.05) is 22.4 Å². The van der Waals surface area contributed by atoms with E-state index in [9.17, 15) is 19.7 Å². The summed E-state index contributed by atoms with van der Waals surface area (Å²) in [5.74, 6) is -0.544. The first-order valence-electron chi connectivity index (χ1n) is 7.44. The number of Topliss-reactive ketones (excluding diaryl/α,β-unsaturated/α-hetero) is 2. The van der Waals surface area contributed by atoms with Crippen molar-refractivity contribution >= 4 is 46.3 Å². The predicted molar refractivity (Wildman–Crippen MR) is 96.2 cm³/mol. The molecule has 1 fully saturated rings. The van der Waals surface area contributed by atoms with E-state index < -0.39 is 16.2 Å². The number of halogens is 1. The lowest BCUT2D eigenvalue weighted by Crippen LogP contribution is -2.32. The molecule has 0 aliphatic heterocycles. The average Bonchev–Trinajstić information content (AvgIpc) is 2.85. The van der Waals surface area contributed by atoms with Crippen LogP contribution in [0.5, 0.6) is 0 Å². The van der Waals surface area contributed by atoms with Gasteiger partial charge >= 0.3 is 0 Å². The molecule has 0 heterocycles. The van der Waals surface area contributed by atoms with Crippen molar-refractivity contribution < 1.29 is 14.5 Å². The molecule has 1 aliphatic rings. The van der Waals surface area contributed by atoms with Gasteiger partial charge in [0.25, 0.3) is 5.69 Å². The van der Waals surface area contributed by atoms with Crippen LogP contribution in [-0.4, -0.2) is 27.8 Å². The number of benzene rings is 2. The molecular weight excluding hydrogens is 364 g/mol. The molecule has 2 aromatic rings. The highest BCUT2D eigenvalue weighted by Crippen LogP contribution is 2.34. The van der Waals surface area contributed by atoms with Crippen LogP contribution in [0.4, 0.5) is 11.4 Å². The van der Waals surface area contributed by atoms with Crippen LogP contribution in [0.25, 0.3) is 0 Å². The fourth-order valence-corrected chi connectivity index (χ4v) is 3.83. The number of hydrogen-bond acceptors (Lipinski definition) is 6. The van der Waals surface area contributed by atoms with Crippen LogP contribution in [-0.2, 0) is 9.59 Å². The maximum Gasteiger partial charge on any atom is 0.292 e. The number of nitro benzene ring substituents is 1. The standard InChI is InChI=1S/C17H13ClN2O4S/c18-10-5-7-11(8-6-10)25-15-9-14(21)16(17(15)22)19-12-3-1-2-4-13(12)20(23)24/h1-8,15-16,19H,9H2/t15-,16-/m1/s1. The van der Waals surface area contributed by atoms with Crippen molar-refractivity contribution in [1.82, 2.24) is 0 Å². The van der Waals surface area contributed by atoms with Crippen molar-refractivity contribution in [3.8, 4) is 0 Å². The van der Waals surface area contributed by atoms with Gasteiger partial charge in [0.05, 0.1) is 10.2 Å². The fourth-order valence-electron chi connectivity index (χ4n) is 2.58. The molecule has 0 aromatic heterocycles. The summed E-state index contributed by atoms with van der Waals surface area (Å²) < 4.78 is 0. The van der Waals surface area contributed by atoms with Crippen LogP contribution in [0.15, 0.2) is 53.4 Å². The lowest BCUT2D eigenvalue weighted by Gasteiger charge is -2.12. The van der Waals surface area contributed by atoms with E-state index in [1.165, 1.54) is 30.0 Å². The molecule has 0 radical (unpaired) electrons. The van der Waals surface area contributed by atoms with Crippen molar-refractivity contribution in [3.05, 3.63) is 63.7 Å². The summed E-state index contributed by atoms with van der Waals surface area (Å²) in [7, 11) is 0. The van der Waals surface area contributed by atoms with Crippen molar-refractivity contribution in [1.29, 1.82) is 0 Å². The number of anilines is 1. The third kappa shape index (κ3) is 3.83. The zero-order valence-electron chi connectivity index (χ0n) is 12.8. The first-order valence-corrected chi connectivity index (χ1v) is 8.70. The van der Waals surface area contributed by atoms with Gasteiger partial charge in [-0.25, -0.2) is 0 Å². The van der Waals surface area contributed by atoms with Crippen molar-refractivity contribution in [2.45, 2.75) is 22.6 Å². The smallest absolute Gasteiger partial charge is 0.292 e. The van der Waals surface area contributed by atoms with Gasteiger partial charge < -0.3 is 5.32 Å². The lowest BCUT2D eigenvalue weighted by atomic mass is 10.2. The van der Waals surface area contributed by atoms with E-state index in [0.717, 1.165) is 4.90 Å². The molecule has 128 valence electrons. The van der Waals surface area contributed by atoms with Crippen LogP contribution < -0.4 is 5.32 Å². The van der Waals surface area contributed by atoms with Crippen LogP contribution in [0.2, 0.25) is 5.02 Å². The molecule has 6 nitrogen and oxygen atoms in total. The normalized spacial score (nSPS) is 19.9. The molecule has 2 atom stereocenters. The van der Waals surface area contributed by atoms with Crippen LogP contribution in [0.1, 0.15) is 6.42 Å². The third-order valence-corrected chi connectivity index (χ3v) is 5.28. The zero-order valence-corrected chi connectivity index (χ0v) is 14.4. The fraction of sp³-hybridized carbons (Fsp3) is 0.176. The maximum absolute atomic E-state index is 12.6. The molecule has 8 heteroatoms. The number of nitrogens with one attached hydrogen (secondary N) is 1. The third-order valence-electron chi connectivity index (χ3n) is 3.80. The summed E-state index contributed by atoms with van der Waals surface area (Å²) in [6.45, 7) is 0. The average molecular weight is 377 g/mol. The molecule has 25 heavy (non-hydrogen) atoms. The monoisotopic (exact) mass is 376 g/mol. The van der Waals surface area contributed by atoms with Gasteiger partial charge in [0.2, 0.25) is 0 Å². The van der Waals surface area contributed by atoms with Crippen LogP contribution in [0.3, 0.4) is 0 Å². The first-order chi connectivity index (χ1) is 12.0.